The van der Waals surface area contributed by atoms with Gasteiger partial charge in [0.1, 0.15) is 14.2 Å². The van der Waals surface area contributed by atoms with Crippen molar-refractivity contribution in [3.05, 3.63) is 0 Å². The van der Waals surface area contributed by atoms with Gasteiger partial charge < -0.3 is 13.9 Å². The van der Waals surface area contributed by atoms with Crippen molar-refractivity contribution in [2.45, 2.75) is 63.7 Å². The first-order chi connectivity index (χ1) is 10.00. The normalized spacial score (nSPS) is 25.5. The summed E-state index contributed by atoms with van der Waals surface area (Å²) in [7, 11) is -2.25. The summed E-state index contributed by atoms with van der Waals surface area (Å²) in [6.07, 6.45) is 3.97. The third-order valence-corrected chi connectivity index (χ3v) is 8.93. The van der Waals surface area contributed by atoms with E-state index < -0.39 is 17.8 Å². The molecule has 1 aliphatic heterocycles. The van der Waals surface area contributed by atoms with Crippen LogP contribution in [0, 0.1) is 17.2 Å². The second-order valence-corrected chi connectivity index (χ2v) is 12.0. The molecule has 4 nitrogen and oxygen atoms in total. The van der Waals surface area contributed by atoms with E-state index in [1.54, 1.807) is 0 Å². The Morgan fingerprint density at radius 3 is 2.67 bits per heavy atom. The molecule has 0 bridgehead atoms. The Bertz CT molecular complexity index is 327. The first-order valence-electron chi connectivity index (χ1n) is 8.26. The molecule has 3 unspecified atom stereocenters. The van der Waals surface area contributed by atoms with Crippen LogP contribution in [0.3, 0.4) is 0 Å². The van der Waals surface area contributed by atoms with E-state index in [1.807, 2.05) is 0 Å². The van der Waals surface area contributed by atoms with Gasteiger partial charge in [0.15, 0.2) is 9.04 Å². The Hall–Kier alpha value is -0.196. The van der Waals surface area contributed by atoms with Gasteiger partial charge >= 0.3 is 0 Å². The molecule has 0 amide bonds. The van der Waals surface area contributed by atoms with Gasteiger partial charge in [-0.3, -0.25) is 0 Å². The second kappa shape index (κ2) is 9.75. The fourth-order valence-electron chi connectivity index (χ4n) is 2.90. The maximum Gasteiger partial charge on any atom is 0.177 e. The minimum atomic E-state index is -1.25. The Balaban J connectivity index is 2.36. The summed E-state index contributed by atoms with van der Waals surface area (Å²) in [6.45, 7) is 11.3. The largest absolute Gasteiger partial charge is 0.397 e. The van der Waals surface area contributed by atoms with E-state index >= 15 is 0 Å². The van der Waals surface area contributed by atoms with Crippen LogP contribution in [0.15, 0.2) is 0 Å². The average Bonchev–Trinajstić information content (AvgIpc) is 2.44. The van der Waals surface area contributed by atoms with Gasteiger partial charge in [-0.15, -0.1) is 0 Å². The van der Waals surface area contributed by atoms with Crippen molar-refractivity contribution in [3.8, 4) is 6.07 Å². The van der Waals surface area contributed by atoms with Gasteiger partial charge in [-0.2, -0.15) is 5.26 Å². The third kappa shape index (κ3) is 6.62. The Morgan fingerprint density at radius 2 is 2.10 bits per heavy atom. The van der Waals surface area contributed by atoms with Crippen LogP contribution in [-0.2, 0) is 13.9 Å². The predicted molar refractivity (Wildman–Crippen MR) is 90.5 cm³/mol. The third-order valence-electron chi connectivity index (χ3n) is 4.04. The number of nitriles is 1. The highest BCUT2D eigenvalue weighted by Crippen LogP contribution is 2.30. The highest BCUT2D eigenvalue weighted by atomic mass is 28.3. The summed E-state index contributed by atoms with van der Waals surface area (Å²) in [5.74, 6) is 0.500. The standard InChI is InChI=1S/C15H31NO3Si2/c1-14(12-17-10-7-9-16)13-21(4)19-15(20(2)3)8-5-6-11-18-15/h14,20-21H,5-8,10-13H2,1-4H3. The summed E-state index contributed by atoms with van der Waals surface area (Å²) < 4.78 is 18.1. The molecule has 6 heteroatoms. The molecule has 0 aliphatic carbocycles. The SMILES string of the molecule is CC(COCCC#N)C[SiH](C)OC1([SiH](C)C)CCCCO1. The minimum Gasteiger partial charge on any atom is -0.397 e. The van der Waals surface area contributed by atoms with Crippen LogP contribution in [0.5, 0.6) is 0 Å². The van der Waals surface area contributed by atoms with Crippen molar-refractivity contribution in [2.75, 3.05) is 19.8 Å². The number of hydrogen-bond acceptors (Lipinski definition) is 4. The molecule has 122 valence electrons. The summed E-state index contributed by atoms with van der Waals surface area (Å²) in [6, 6.07) is 3.21. The monoisotopic (exact) mass is 329 g/mol. The highest BCUT2D eigenvalue weighted by molar-refractivity contribution is 6.60. The fraction of sp³-hybridized carbons (Fsp3) is 0.933. The molecule has 0 aromatic carbocycles. The number of ether oxygens (including phenoxy) is 2. The molecule has 0 saturated carbocycles. The maximum atomic E-state index is 8.49. The maximum absolute atomic E-state index is 8.49. The van der Waals surface area contributed by atoms with Gasteiger partial charge in [-0.1, -0.05) is 20.0 Å². The van der Waals surface area contributed by atoms with Crippen LogP contribution < -0.4 is 0 Å². The second-order valence-electron chi connectivity index (χ2n) is 6.52. The highest BCUT2D eigenvalue weighted by Gasteiger charge is 2.39. The lowest BCUT2D eigenvalue weighted by Crippen LogP contribution is -2.52. The van der Waals surface area contributed by atoms with Gasteiger partial charge in [-0.25, -0.2) is 0 Å². The Labute approximate surface area is 133 Å². The van der Waals surface area contributed by atoms with Crippen molar-refractivity contribution >= 4 is 17.8 Å². The van der Waals surface area contributed by atoms with E-state index in [4.69, 9.17) is 19.2 Å². The fourth-order valence-corrected chi connectivity index (χ4v) is 8.15. The molecule has 0 spiro atoms. The first-order valence-corrected chi connectivity index (χ1v) is 13.6. The summed E-state index contributed by atoms with van der Waals surface area (Å²) in [5, 5.41) is 8.49. The topological polar surface area (TPSA) is 51.5 Å². The van der Waals surface area contributed by atoms with Crippen LogP contribution in [0.4, 0.5) is 0 Å². The zero-order chi connectivity index (χ0) is 15.7. The van der Waals surface area contributed by atoms with Gasteiger partial charge in [0, 0.05) is 13.2 Å². The van der Waals surface area contributed by atoms with E-state index in [2.05, 4.69) is 32.6 Å². The lowest BCUT2D eigenvalue weighted by atomic mass is 10.2. The van der Waals surface area contributed by atoms with Crippen LogP contribution in [0.1, 0.15) is 32.6 Å². The van der Waals surface area contributed by atoms with E-state index in [1.165, 1.54) is 12.8 Å². The average molecular weight is 330 g/mol. The molecular formula is C15H31NO3Si2. The molecule has 1 saturated heterocycles. The summed E-state index contributed by atoms with van der Waals surface area (Å²) in [4.78, 5) is 0. The van der Waals surface area contributed by atoms with E-state index in [9.17, 15) is 0 Å². The lowest BCUT2D eigenvalue weighted by Gasteiger charge is -2.42. The van der Waals surface area contributed by atoms with Crippen molar-refractivity contribution in [2.24, 2.45) is 5.92 Å². The molecule has 3 atom stereocenters. The van der Waals surface area contributed by atoms with Gasteiger partial charge in [0.05, 0.1) is 19.1 Å². The van der Waals surface area contributed by atoms with E-state index in [0.717, 1.165) is 25.7 Å². The molecule has 0 aromatic heterocycles. The molecule has 1 aliphatic rings. The van der Waals surface area contributed by atoms with Crippen molar-refractivity contribution in [1.29, 1.82) is 5.26 Å². The van der Waals surface area contributed by atoms with E-state index in [0.29, 0.717) is 18.9 Å². The van der Waals surface area contributed by atoms with Gasteiger partial charge in [-0.05, 0) is 37.8 Å². The Kier molecular flexibility index (Phi) is 8.75. The molecule has 0 radical (unpaired) electrons. The molecule has 1 fully saturated rings. The summed E-state index contributed by atoms with van der Waals surface area (Å²) >= 11 is 0. The first kappa shape index (κ1) is 18.9. The van der Waals surface area contributed by atoms with Crippen LogP contribution in [-0.4, -0.2) is 43.1 Å². The van der Waals surface area contributed by atoms with Crippen LogP contribution >= 0.6 is 0 Å². The predicted octanol–water partition coefficient (Wildman–Crippen LogP) is 2.85. The van der Waals surface area contributed by atoms with Crippen molar-refractivity contribution in [1.82, 2.24) is 0 Å². The quantitative estimate of drug-likeness (QED) is 0.482. The van der Waals surface area contributed by atoms with Gasteiger partial charge in [0.2, 0.25) is 0 Å². The molecule has 0 aromatic rings. The summed E-state index contributed by atoms with van der Waals surface area (Å²) in [5.41, 5.74) is -0.203. The molecule has 21 heavy (non-hydrogen) atoms. The van der Waals surface area contributed by atoms with Crippen molar-refractivity contribution in [3.63, 3.8) is 0 Å². The van der Waals surface area contributed by atoms with Gasteiger partial charge in [0.25, 0.3) is 0 Å². The van der Waals surface area contributed by atoms with Crippen LogP contribution in [0.2, 0.25) is 25.7 Å². The van der Waals surface area contributed by atoms with Crippen LogP contribution in [0.25, 0.3) is 0 Å². The zero-order valence-corrected chi connectivity index (χ0v) is 16.4. The van der Waals surface area contributed by atoms with E-state index in [-0.39, 0.29) is 5.41 Å². The molecule has 1 rings (SSSR count). The van der Waals surface area contributed by atoms with Crippen molar-refractivity contribution < 1.29 is 13.9 Å². The number of nitrogens with zero attached hydrogens (tertiary/aromatic N) is 1. The minimum absolute atomic E-state index is 0.203. The molecule has 0 N–H and O–H groups in total. The lowest BCUT2D eigenvalue weighted by molar-refractivity contribution is -0.151. The Morgan fingerprint density at radius 1 is 1.33 bits per heavy atom. The number of rotatable bonds is 9. The smallest absolute Gasteiger partial charge is 0.177 e. The molecular weight excluding hydrogens is 298 g/mol. The zero-order valence-electron chi connectivity index (χ0n) is 14.1. The number of hydrogen-bond donors (Lipinski definition) is 0. The molecule has 1 heterocycles.